The van der Waals surface area contributed by atoms with Crippen LogP contribution in [0.3, 0.4) is 0 Å². The number of thiophene rings is 1. The number of aromatic nitrogens is 3. The van der Waals surface area contributed by atoms with E-state index in [0.717, 1.165) is 60.1 Å². The molecule has 0 N–H and O–H groups in total. The molecule has 0 atom stereocenters. The summed E-state index contributed by atoms with van der Waals surface area (Å²) >= 11 is 1.75. The van der Waals surface area contributed by atoms with Gasteiger partial charge in [0, 0.05) is 35.9 Å². The number of fused-ring (bicyclic) bond motifs is 1. The maximum absolute atomic E-state index is 5.48. The summed E-state index contributed by atoms with van der Waals surface area (Å²) in [5, 5.41) is 1.15. The van der Waals surface area contributed by atoms with Crippen LogP contribution in [0.15, 0.2) is 30.6 Å². The lowest BCUT2D eigenvalue weighted by Crippen LogP contribution is -2.37. The van der Waals surface area contributed by atoms with Gasteiger partial charge in [-0.3, -0.25) is 4.98 Å². The third kappa shape index (κ3) is 2.80. The molecule has 1 fully saturated rings. The van der Waals surface area contributed by atoms with E-state index >= 15 is 0 Å². The summed E-state index contributed by atoms with van der Waals surface area (Å²) < 4.78 is 5.48. The standard InChI is InChI=1S/C17H18N4OS/c1-2-13-10-14-16(21-6-8-22-9-7-21)19-15(20-17(14)23-13)12-4-3-5-18-11-12/h3-5,10-11H,2,6-9H2,1H3. The molecule has 0 spiro atoms. The molecule has 1 saturated heterocycles. The van der Waals surface area contributed by atoms with Gasteiger partial charge in [0.1, 0.15) is 10.6 Å². The quantitative estimate of drug-likeness (QED) is 0.740. The third-order valence-corrected chi connectivity index (χ3v) is 5.18. The Morgan fingerprint density at radius 2 is 2.13 bits per heavy atom. The molecule has 0 unspecified atom stereocenters. The fourth-order valence-electron chi connectivity index (χ4n) is 2.77. The molecule has 1 aliphatic rings. The lowest BCUT2D eigenvalue weighted by atomic mass is 10.2. The van der Waals surface area contributed by atoms with Gasteiger partial charge in [-0.25, -0.2) is 9.97 Å². The fraction of sp³-hybridized carbons (Fsp3) is 0.353. The molecule has 118 valence electrons. The number of hydrogen-bond donors (Lipinski definition) is 0. The zero-order valence-electron chi connectivity index (χ0n) is 13.0. The number of ether oxygens (including phenoxy) is 1. The average Bonchev–Trinajstić information content (AvgIpc) is 3.05. The maximum Gasteiger partial charge on any atom is 0.164 e. The smallest absolute Gasteiger partial charge is 0.164 e. The van der Waals surface area contributed by atoms with Crippen molar-refractivity contribution in [2.24, 2.45) is 0 Å². The zero-order chi connectivity index (χ0) is 15.6. The molecular weight excluding hydrogens is 308 g/mol. The van der Waals surface area contributed by atoms with Crippen molar-refractivity contribution in [1.29, 1.82) is 0 Å². The average molecular weight is 326 g/mol. The number of nitrogens with zero attached hydrogens (tertiary/aromatic N) is 4. The van der Waals surface area contributed by atoms with Crippen LogP contribution >= 0.6 is 11.3 Å². The first-order valence-corrected chi connectivity index (χ1v) is 8.70. The van der Waals surface area contributed by atoms with E-state index in [1.165, 1.54) is 4.88 Å². The summed E-state index contributed by atoms with van der Waals surface area (Å²) in [6.45, 7) is 5.41. The zero-order valence-corrected chi connectivity index (χ0v) is 13.8. The van der Waals surface area contributed by atoms with E-state index in [-0.39, 0.29) is 0 Å². The number of pyridine rings is 1. The van der Waals surface area contributed by atoms with Crippen molar-refractivity contribution in [3.8, 4) is 11.4 Å². The van der Waals surface area contributed by atoms with Gasteiger partial charge in [0.05, 0.1) is 18.6 Å². The molecule has 5 nitrogen and oxygen atoms in total. The maximum atomic E-state index is 5.48. The molecule has 4 rings (SSSR count). The second-order valence-corrected chi connectivity index (χ2v) is 6.61. The summed E-state index contributed by atoms with van der Waals surface area (Å²) in [6.07, 6.45) is 4.61. The van der Waals surface area contributed by atoms with E-state index in [0.29, 0.717) is 0 Å². The van der Waals surface area contributed by atoms with Gasteiger partial charge < -0.3 is 9.64 Å². The number of aryl methyl sites for hydroxylation is 1. The molecule has 0 bridgehead atoms. The topological polar surface area (TPSA) is 51.1 Å². The molecular formula is C17H18N4OS. The van der Waals surface area contributed by atoms with Gasteiger partial charge in [-0.05, 0) is 24.6 Å². The van der Waals surface area contributed by atoms with Crippen LogP contribution in [-0.2, 0) is 11.2 Å². The lowest BCUT2D eigenvalue weighted by molar-refractivity contribution is 0.122. The van der Waals surface area contributed by atoms with Gasteiger partial charge >= 0.3 is 0 Å². The minimum Gasteiger partial charge on any atom is -0.378 e. The molecule has 0 aromatic carbocycles. The molecule has 1 aliphatic heterocycles. The molecule has 0 aliphatic carbocycles. The first kappa shape index (κ1) is 14.5. The second-order valence-electron chi connectivity index (χ2n) is 5.50. The van der Waals surface area contributed by atoms with Crippen molar-refractivity contribution in [3.63, 3.8) is 0 Å². The summed E-state index contributed by atoms with van der Waals surface area (Å²) in [5.74, 6) is 1.77. The van der Waals surface area contributed by atoms with Crippen LogP contribution < -0.4 is 4.90 Å². The molecule has 3 aromatic rings. The minimum absolute atomic E-state index is 0.747. The van der Waals surface area contributed by atoms with Gasteiger partial charge in [-0.1, -0.05) is 6.92 Å². The Hall–Kier alpha value is -2.05. The SMILES string of the molecule is CCc1cc2c(N3CCOCC3)nc(-c3cccnc3)nc2s1. The van der Waals surface area contributed by atoms with E-state index in [9.17, 15) is 0 Å². The van der Waals surface area contributed by atoms with Crippen LogP contribution in [0.25, 0.3) is 21.6 Å². The van der Waals surface area contributed by atoms with Gasteiger partial charge in [0.15, 0.2) is 5.82 Å². The van der Waals surface area contributed by atoms with Gasteiger partial charge in [0.2, 0.25) is 0 Å². The summed E-state index contributed by atoms with van der Waals surface area (Å²) in [7, 11) is 0. The highest BCUT2D eigenvalue weighted by molar-refractivity contribution is 7.18. The van der Waals surface area contributed by atoms with Crippen molar-refractivity contribution < 1.29 is 4.74 Å². The predicted molar refractivity (Wildman–Crippen MR) is 93.1 cm³/mol. The fourth-order valence-corrected chi connectivity index (χ4v) is 3.73. The largest absolute Gasteiger partial charge is 0.378 e. The summed E-state index contributed by atoms with van der Waals surface area (Å²) in [6, 6.07) is 6.16. The highest BCUT2D eigenvalue weighted by Crippen LogP contribution is 2.33. The first-order valence-electron chi connectivity index (χ1n) is 7.88. The highest BCUT2D eigenvalue weighted by atomic mass is 32.1. The molecule has 6 heteroatoms. The number of morpholine rings is 1. The molecule has 0 amide bonds. The number of hydrogen-bond acceptors (Lipinski definition) is 6. The van der Waals surface area contributed by atoms with Crippen molar-refractivity contribution in [1.82, 2.24) is 15.0 Å². The highest BCUT2D eigenvalue weighted by Gasteiger charge is 2.19. The molecule has 0 radical (unpaired) electrons. The number of rotatable bonds is 3. The summed E-state index contributed by atoms with van der Waals surface area (Å²) in [4.78, 5) is 18.5. The van der Waals surface area contributed by atoms with E-state index in [1.54, 1.807) is 17.5 Å². The molecule has 23 heavy (non-hydrogen) atoms. The Kier molecular flexibility index (Phi) is 3.93. The molecule has 4 heterocycles. The summed E-state index contributed by atoms with van der Waals surface area (Å²) in [5.41, 5.74) is 0.954. The van der Waals surface area contributed by atoms with Crippen LogP contribution in [0, 0.1) is 0 Å². The number of anilines is 1. The van der Waals surface area contributed by atoms with Crippen molar-refractivity contribution in [2.75, 3.05) is 31.2 Å². The van der Waals surface area contributed by atoms with E-state index in [2.05, 4.69) is 22.9 Å². The van der Waals surface area contributed by atoms with Gasteiger partial charge in [-0.15, -0.1) is 11.3 Å². The van der Waals surface area contributed by atoms with Crippen LogP contribution in [0.1, 0.15) is 11.8 Å². The first-order chi connectivity index (χ1) is 11.3. The van der Waals surface area contributed by atoms with E-state index < -0.39 is 0 Å². The van der Waals surface area contributed by atoms with Crippen molar-refractivity contribution in [3.05, 3.63) is 35.5 Å². The lowest BCUT2D eigenvalue weighted by Gasteiger charge is -2.28. The van der Waals surface area contributed by atoms with Crippen LogP contribution in [0.5, 0.6) is 0 Å². The van der Waals surface area contributed by atoms with E-state index in [4.69, 9.17) is 14.7 Å². The molecule has 0 saturated carbocycles. The normalized spacial score (nSPS) is 15.3. The van der Waals surface area contributed by atoms with Crippen LogP contribution in [-0.4, -0.2) is 41.3 Å². The van der Waals surface area contributed by atoms with Gasteiger partial charge in [-0.2, -0.15) is 0 Å². The van der Waals surface area contributed by atoms with E-state index in [1.807, 2.05) is 18.3 Å². The Bertz CT molecular complexity index is 812. The minimum atomic E-state index is 0.747. The van der Waals surface area contributed by atoms with Crippen LogP contribution in [0.4, 0.5) is 5.82 Å². The Balaban J connectivity index is 1.88. The Morgan fingerprint density at radius 3 is 2.87 bits per heavy atom. The van der Waals surface area contributed by atoms with Crippen LogP contribution in [0.2, 0.25) is 0 Å². The predicted octanol–water partition coefficient (Wildman–Crippen LogP) is 3.15. The Labute approximate surface area is 139 Å². The monoisotopic (exact) mass is 326 g/mol. The van der Waals surface area contributed by atoms with Gasteiger partial charge in [0.25, 0.3) is 0 Å². The third-order valence-electron chi connectivity index (χ3n) is 4.00. The van der Waals surface area contributed by atoms with Crippen molar-refractivity contribution >= 4 is 27.4 Å². The second kappa shape index (κ2) is 6.22. The Morgan fingerprint density at radius 1 is 1.26 bits per heavy atom. The molecule has 3 aromatic heterocycles. The van der Waals surface area contributed by atoms with Crippen molar-refractivity contribution in [2.45, 2.75) is 13.3 Å².